The second-order valence-corrected chi connectivity index (χ2v) is 6.44. The van der Waals surface area contributed by atoms with Crippen molar-refractivity contribution in [1.29, 1.82) is 0 Å². The van der Waals surface area contributed by atoms with E-state index >= 15 is 0 Å². The summed E-state index contributed by atoms with van der Waals surface area (Å²) in [4.78, 5) is 42.4. The first-order valence-corrected chi connectivity index (χ1v) is 8.95. The molecule has 0 bridgehead atoms. The lowest BCUT2D eigenvalue weighted by Crippen LogP contribution is -2.38. The molecule has 9 heteroatoms. The van der Waals surface area contributed by atoms with E-state index in [0.29, 0.717) is 29.2 Å². The molecule has 1 N–H and O–H groups in total. The average Bonchev–Trinajstić information content (AvgIpc) is 2.75. The summed E-state index contributed by atoms with van der Waals surface area (Å²) in [5.41, 5.74) is 0.469. The summed E-state index contributed by atoms with van der Waals surface area (Å²) in [6.45, 7) is 1.89. The van der Waals surface area contributed by atoms with Gasteiger partial charge in [0.05, 0.1) is 25.5 Å². The molecule has 2 aromatic heterocycles. The number of aromatic nitrogens is 3. The molecule has 2 heterocycles. The predicted molar refractivity (Wildman–Crippen MR) is 109 cm³/mol. The molecule has 1 amide bonds. The van der Waals surface area contributed by atoms with Crippen molar-refractivity contribution in [2.75, 3.05) is 19.5 Å². The molecule has 0 aliphatic carbocycles. The van der Waals surface area contributed by atoms with Gasteiger partial charge in [0, 0.05) is 26.4 Å². The van der Waals surface area contributed by atoms with E-state index in [0.717, 1.165) is 4.57 Å². The molecule has 0 aliphatic heterocycles. The van der Waals surface area contributed by atoms with E-state index in [1.165, 1.54) is 32.9 Å². The van der Waals surface area contributed by atoms with Gasteiger partial charge in [0.2, 0.25) is 0 Å². The van der Waals surface area contributed by atoms with Crippen LogP contribution in [-0.4, -0.2) is 34.2 Å². The van der Waals surface area contributed by atoms with Crippen LogP contribution in [-0.2, 0) is 20.5 Å². The number of anilines is 1. The van der Waals surface area contributed by atoms with Crippen LogP contribution >= 0.6 is 0 Å². The third kappa shape index (κ3) is 3.35. The Kier molecular flexibility index (Phi) is 5.40. The standard InChI is InChI=1S/C20H22N4O5/c1-6-11-10-21-17-15(19(26)24(3)20(27)23(17)2)16(11)22-18(25)13-8-7-12(28-4)9-14(13)29-5/h7-10H,6H2,1-5H3,(H,21,22,25). The molecule has 1 aromatic carbocycles. The first-order valence-electron chi connectivity index (χ1n) is 8.95. The molecule has 0 saturated heterocycles. The largest absolute Gasteiger partial charge is 0.497 e. The van der Waals surface area contributed by atoms with E-state index in [1.54, 1.807) is 24.4 Å². The number of nitrogens with one attached hydrogen (secondary N) is 1. The third-order valence-electron chi connectivity index (χ3n) is 4.82. The fourth-order valence-electron chi connectivity index (χ4n) is 3.15. The number of ether oxygens (including phenoxy) is 2. The average molecular weight is 398 g/mol. The lowest BCUT2D eigenvalue weighted by atomic mass is 10.1. The number of nitrogens with zero attached hydrogens (tertiary/aromatic N) is 3. The highest BCUT2D eigenvalue weighted by atomic mass is 16.5. The number of hydrogen-bond donors (Lipinski definition) is 1. The zero-order valence-electron chi connectivity index (χ0n) is 16.9. The molecule has 0 unspecified atom stereocenters. The van der Waals surface area contributed by atoms with Gasteiger partial charge in [-0.1, -0.05) is 6.92 Å². The highest BCUT2D eigenvalue weighted by molar-refractivity contribution is 6.10. The Morgan fingerprint density at radius 2 is 1.86 bits per heavy atom. The van der Waals surface area contributed by atoms with Gasteiger partial charge in [0.15, 0.2) is 5.65 Å². The quantitative estimate of drug-likeness (QED) is 0.698. The predicted octanol–water partition coefficient (Wildman–Crippen LogP) is 1.46. The molecule has 0 saturated carbocycles. The molecule has 0 atom stereocenters. The van der Waals surface area contributed by atoms with Gasteiger partial charge in [0.1, 0.15) is 16.9 Å². The Hall–Kier alpha value is -3.62. The molecule has 0 radical (unpaired) electrons. The molecule has 0 aliphatic rings. The minimum absolute atomic E-state index is 0.176. The molecule has 3 aromatic rings. The first kappa shape index (κ1) is 20.1. The van der Waals surface area contributed by atoms with Gasteiger partial charge in [-0.15, -0.1) is 0 Å². The highest BCUT2D eigenvalue weighted by Crippen LogP contribution is 2.28. The van der Waals surface area contributed by atoms with Crippen molar-refractivity contribution in [2.45, 2.75) is 13.3 Å². The maximum atomic E-state index is 13.0. The maximum absolute atomic E-state index is 13.0. The number of pyridine rings is 1. The summed E-state index contributed by atoms with van der Waals surface area (Å²) >= 11 is 0. The van der Waals surface area contributed by atoms with Gasteiger partial charge in [-0.3, -0.25) is 18.7 Å². The molecule has 152 valence electrons. The number of aryl methyl sites for hydroxylation is 2. The first-order chi connectivity index (χ1) is 13.8. The number of carbonyl (C=O) groups is 1. The number of carbonyl (C=O) groups excluding carboxylic acids is 1. The van der Waals surface area contributed by atoms with Crippen molar-refractivity contribution in [3.8, 4) is 11.5 Å². The lowest BCUT2D eigenvalue weighted by molar-refractivity contribution is 0.102. The van der Waals surface area contributed by atoms with Crippen LogP contribution in [0.25, 0.3) is 11.0 Å². The normalized spacial score (nSPS) is 10.8. The molecule has 29 heavy (non-hydrogen) atoms. The Labute approximate surface area is 166 Å². The van der Waals surface area contributed by atoms with Crippen LogP contribution in [0, 0.1) is 0 Å². The lowest BCUT2D eigenvalue weighted by Gasteiger charge is -2.16. The van der Waals surface area contributed by atoms with Crippen molar-refractivity contribution in [2.24, 2.45) is 14.1 Å². The van der Waals surface area contributed by atoms with Gasteiger partial charge in [-0.25, -0.2) is 9.78 Å². The van der Waals surface area contributed by atoms with Gasteiger partial charge in [-0.2, -0.15) is 0 Å². The SMILES string of the molecule is CCc1cnc2c(c1NC(=O)c1ccc(OC)cc1OC)c(=O)n(C)c(=O)n2C. The summed E-state index contributed by atoms with van der Waals surface area (Å²) in [5, 5.41) is 2.99. The van der Waals surface area contributed by atoms with Crippen molar-refractivity contribution >= 4 is 22.6 Å². The molecule has 0 spiro atoms. The van der Waals surface area contributed by atoms with E-state index in [2.05, 4.69) is 10.3 Å². The fourth-order valence-corrected chi connectivity index (χ4v) is 3.15. The van der Waals surface area contributed by atoms with Crippen LogP contribution in [0.4, 0.5) is 5.69 Å². The minimum atomic E-state index is -0.525. The summed E-state index contributed by atoms with van der Waals surface area (Å²) in [7, 11) is 5.89. The Morgan fingerprint density at radius 1 is 1.14 bits per heavy atom. The van der Waals surface area contributed by atoms with Gasteiger partial charge < -0.3 is 14.8 Å². The van der Waals surface area contributed by atoms with Crippen molar-refractivity contribution < 1.29 is 14.3 Å². The minimum Gasteiger partial charge on any atom is -0.497 e. The van der Waals surface area contributed by atoms with Crippen LogP contribution < -0.4 is 26.0 Å². The smallest absolute Gasteiger partial charge is 0.332 e. The molecule has 9 nitrogen and oxygen atoms in total. The number of benzene rings is 1. The van der Waals surface area contributed by atoms with Crippen molar-refractivity contribution in [3.05, 3.63) is 56.4 Å². The molecular weight excluding hydrogens is 376 g/mol. The third-order valence-corrected chi connectivity index (χ3v) is 4.82. The highest BCUT2D eigenvalue weighted by Gasteiger charge is 2.20. The van der Waals surface area contributed by atoms with Gasteiger partial charge >= 0.3 is 5.69 Å². The van der Waals surface area contributed by atoms with Crippen LogP contribution in [0.3, 0.4) is 0 Å². The van der Waals surface area contributed by atoms with Crippen LogP contribution in [0.2, 0.25) is 0 Å². The number of rotatable bonds is 5. The number of methoxy groups -OCH3 is 2. The molecule has 3 rings (SSSR count). The second kappa shape index (κ2) is 7.78. The zero-order valence-corrected chi connectivity index (χ0v) is 16.9. The number of hydrogen-bond acceptors (Lipinski definition) is 6. The topological polar surface area (TPSA) is 104 Å². The Balaban J connectivity index is 2.21. The van der Waals surface area contributed by atoms with Crippen LogP contribution in [0.1, 0.15) is 22.8 Å². The Morgan fingerprint density at radius 3 is 2.48 bits per heavy atom. The van der Waals surface area contributed by atoms with E-state index in [1.807, 2.05) is 6.92 Å². The number of amides is 1. The van der Waals surface area contributed by atoms with E-state index < -0.39 is 17.2 Å². The van der Waals surface area contributed by atoms with E-state index in [-0.39, 0.29) is 16.6 Å². The van der Waals surface area contributed by atoms with Crippen LogP contribution in [0.5, 0.6) is 11.5 Å². The van der Waals surface area contributed by atoms with Gasteiger partial charge in [-0.05, 0) is 24.1 Å². The van der Waals surface area contributed by atoms with E-state index in [4.69, 9.17) is 9.47 Å². The maximum Gasteiger partial charge on any atom is 0.332 e. The summed E-state index contributed by atoms with van der Waals surface area (Å²) in [6, 6.07) is 4.82. The fraction of sp³-hybridized carbons (Fsp3) is 0.300. The van der Waals surface area contributed by atoms with Crippen molar-refractivity contribution in [3.63, 3.8) is 0 Å². The zero-order chi connectivity index (χ0) is 21.3. The number of fused-ring (bicyclic) bond motifs is 1. The van der Waals surface area contributed by atoms with Crippen LogP contribution in [0.15, 0.2) is 34.0 Å². The summed E-state index contributed by atoms with van der Waals surface area (Å²) in [5.74, 6) is 0.423. The molecular formula is C20H22N4O5. The van der Waals surface area contributed by atoms with Gasteiger partial charge in [0.25, 0.3) is 11.5 Å². The summed E-state index contributed by atoms with van der Waals surface area (Å²) < 4.78 is 12.7. The van der Waals surface area contributed by atoms with Crippen molar-refractivity contribution in [1.82, 2.24) is 14.1 Å². The Bertz CT molecular complexity index is 1230. The second-order valence-electron chi connectivity index (χ2n) is 6.44. The summed E-state index contributed by atoms with van der Waals surface area (Å²) in [6.07, 6.45) is 2.09. The molecule has 0 fully saturated rings. The monoisotopic (exact) mass is 398 g/mol. The van der Waals surface area contributed by atoms with E-state index in [9.17, 15) is 14.4 Å².